The largest absolute Gasteiger partial charge is 0.316 e. The summed E-state index contributed by atoms with van der Waals surface area (Å²) in [6.45, 7) is 2.24. The highest BCUT2D eigenvalue weighted by molar-refractivity contribution is 5.94. The number of hydrogen-bond acceptors (Lipinski definition) is 4. The van der Waals surface area contributed by atoms with E-state index in [1.807, 2.05) is 18.2 Å². The molecular weight excluding hydrogens is 340 g/mol. The Kier molecular flexibility index (Phi) is 3.38. The van der Waals surface area contributed by atoms with E-state index in [0.717, 1.165) is 31.6 Å². The number of rotatable bonds is 3. The summed E-state index contributed by atoms with van der Waals surface area (Å²) in [6, 6.07) is 5.80. The highest BCUT2D eigenvalue weighted by atomic mass is 19.3. The fourth-order valence-corrected chi connectivity index (χ4v) is 4.34. The van der Waals surface area contributed by atoms with Gasteiger partial charge in [-0.25, -0.2) is 13.3 Å². The van der Waals surface area contributed by atoms with Crippen LogP contribution in [0.2, 0.25) is 0 Å². The number of fused-ring (bicyclic) bond motifs is 1. The molecule has 5 rings (SSSR count). The number of pyridine rings is 1. The third-order valence-corrected chi connectivity index (χ3v) is 6.23. The molecule has 3 aliphatic rings. The Morgan fingerprint density at radius 3 is 2.62 bits per heavy atom. The van der Waals surface area contributed by atoms with Gasteiger partial charge in [0, 0.05) is 31.1 Å². The summed E-state index contributed by atoms with van der Waals surface area (Å²) in [5.41, 5.74) is 2.20. The number of carbonyl (C=O) groups is 1. The SMILES string of the molecule is O=C(Nc1nc2cccc(C3CCC4(CC3)CNC4)n2n1)[C@H]1CC1(F)F. The molecule has 3 fully saturated rings. The third kappa shape index (κ3) is 2.58. The molecule has 1 saturated heterocycles. The van der Waals surface area contributed by atoms with Crippen molar-refractivity contribution in [3.05, 3.63) is 23.9 Å². The van der Waals surface area contributed by atoms with Gasteiger partial charge in [-0.3, -0.25) is 10.1 Å². The number of hydrogen-bond donors (Lipinski definition) is 2. The maximum absolute atomic E-state index is 13.0. The van der Waals surface area contributed by atoms with E-state index < -0.39 is 24.2 Å². The van der Waals surface area contributed by atoms with Crippen LogP contribution < -0.4 is 10.6 Å². The minimum atomic E-state index is -2.89. The molecule has 26 heavy (non-hydrogen) atoms. The standard InChI is InChI=1S/C18H21F2N5O/c19-18(20)8-12(18)15(26)23-16-22-14-3-1-2-13(25(14)24-16)11-4-6-17(7-5-11)9-21-10-17/h1-3,11-12,21H,4-10H2,(H,23,24,26)/t12-/m1/s1. The number of aromatic nitrogens is 3. The number of anilines is 1. The van der Waals surface area contributed by atoms with E-state index in [0.29, 0.717) is 17.0 Å². The Morgan fingerprint density at radius 2 is 2.00 bits per heavy atom. The van der Waals surface area contributed by atoms with Gasteiger partial charge >= 0.3 is 0 Å². The van der Waals surface area contributed by atoms with Gasteiger partial charge in [0.1, 0.15) is 5.92 Å². The first-order valence-corrected chi connectivity index (χ1v) is 9.21. The molecule has 1 atom stereocenters. The lowest BCUT2D eigenvalue weighted by Gasteiger charge is -2.47. The average molecular weight is 361 g/mol. The quantitative estimate of drug-likeness (QED) is 0.881. The first-order valence-electron chi connectivity index (χ1n) is 9.21. The predicted octanol–water partition coefficient (Wildman–Crippen LogP) is 2.57. The molecular formula is C18H21F2N5O. The van der Waals surface area contributed by atoms with Gasteiger partial charge in [0.05, 0.1) is 0 Å². The molecule has 2 aromatic rings. The number of nitrogens with one attached hydrogen (secondary N) is 2. The van der Waals surface area contributed by atoms with Gasteiger partial charge in [-0.2, -0.15) is 4.98 Å². The molecule has 0 bridgehead atoms. The van der Waals surface area contributed by atoms with Crippen LogP contribution in [-0.4, -0.2) is 39.5 Å². The van der Waals surface area contributed by atoms with Crippen LogP contribution in [0.25, 0.3) is 5.65 Å². The Labute approximate surface area is 149 Å². The number of carbonyl (C=O) groups excluding carboxylic acids is 1. The molecule has 0 aromatic carbocycles. The maximum atomic E-state index is 13.0. The molecule has 6 nitrogen and oxygen atoms in total. The summed E-state index contributed by atoms with van der Waals surface area (Å²) >= 11 is 0. The number of alkyl halides is 2. The Hall–Kier alpha value is -2.09. The minimum Gasteiger partial charge on any atom is -0.316 e. The normalized spacial score (nSPS) is 26.6. The highest BCUT2D eigenvalue weighted by Crippen LogP contribution is 2.49. The fraction of sp³-hybridized carbons (Fsp3) is 0.611. The van der Waals surface area contributed by atoms with Gasteiger partial charge in [-0.15, -0.1) is 5.10 Å². The lowest BCUT2D eigenvalue weighted by Crippen LogP contribution is -2.54. The van der Waals surface area contributed by atoms with E-state index >= 15 is 0 Å². The molecule has 2 aliphatic carbocycles. The summed E-state index contributed by atoms with van der Waals surface area (Å²) in [5, 5.41) is 10.2. The topological polar surface area (TPSA) is 71.3 Å². The van der Waals surface area contributed by atoms with Crippen LogP contribution in [-0.2, 0) is 4.79 Å². The molecule has 1 amide bonds. The van der Waals surface area contributed by atoms with Crippen molar-refractivity contribution in [3.63, 3.8) is 0 Å². The first-order chi connectivity index (χ1) is 12.5. The second-order valence-electron chi connectivity index (χ2n) is 8.04. The highest BCUT2D eigenvalue weighted by Gasteiger charge is 2.61. The van der Waals surface area contributed by atoms with Gasteiger partial charge in [-0.05, 0) is 43.2 Å². The van der Waals surface area contributed by atoms with Crippen molar-refractivity contribution >= 4 is 17.5 Å². The van der Waals surface area contributed by atoms with Gasteiger partial charge in [0.15, 0.2) is 5.65 Å². The molecule has 1 aliphatic heterocycles. The molecule has 2 aromatic heterocycles. The number of halogens is 2. The van der Waals surface area contributed by atoms with E-state index in [1.54, 1.807) is 4.52 Å². The van der Waals surface area contributed by atoms with Crippen LogP contribution in [0, 0.1) is 11.3 Å². The zero-order valence-electron chi connectivity index (χ0n) is 14.3. The molecule has 0 unspecified atom stereocenters. The van der Waals surface area contributed by atoms with Gasteiger partial charge in [0.25, 0.3) is 5.92 Å². The summed E-state index contributed by atoms with van der Waals surface area (Å²) in [4.78, 5) is 16.2. The molecule has 2 N–H and O–H groups in total. The predicted molar refractivity (Wildman–Crippen MR) is 91.2 cm³/mol. The second-order valence-corrected chi connectivity index (χ2v) is 8.04. The molecule has 1 spiro atoms. The van der Waals surface area contributed by atoms with Crippen LogP contribution in [0.4, 0.5) is 14.7 Å². The summed E-state index contributed by atoms with van der Waals surface area (Å²) in [5.74, 6) is -4.34. The van der Waals surface area contributed by atoms with Crippen molar-refractivity contribution in [2.24, 2.45) is 11.3 Å². The van der Waals surface area contributed by atoms with E-state index in [2.05, 4.69) is 20.7 Å². The third-order valence-electron chi connectivity index (χ3n) is 6.23. The Morgan fingerprint density at radius 1 is 1.27 bits per heavy atom. The van der Waals surface area contributed by atoms with E-state index in [9.17, 15) is 13.6 Å². The minimum absolute atomic E-state index is 0.0978. The summed E-state index contributed by atoms with van der Waals surface area (Å²) in [7, 11) is 0. The summed E-state index contributed by atoms with van der Waals surface area (Å²) in [6.07, 6.45) is 4.23. The van der Waals surface area contributed by atoms with Crippen LogP contribution in [0.3, 0.4) is 0 Å². The zero-order chi connectivity index (χ0) is 17.9. The zero-order valence-corrected chi connectivity index (χ0v) is 14.3. The summed E-state index contributed by atoms with van der Waals surface area (Å²) < 4.78 is 27.8. The molecule has 2 saturated carbocycles. The van der Waals surface area contributed by atoms with Crippen LogP contribution in [0.1, 0.15) is 43.7 Å². The first kappa shape index (κ1) is 16.1. The fourth-order valence-electron chi connectivity index (χ4n) is 4.34. The van der Waals surface area contributed by atoms with Crippen LogP contribution in [0.5, 0.6) is 0 Å². The average Bonchev–Trinajstić information content (AvgIpc) is 3.05. The van der Waals surface area contributed by atoms with E-state index in [1.165, 1.54) is 12.8 Å². The van der Waals surface area contributed by atoms with Gasteiger partial charge in [-0.1, -0.05) is 6.07 Å². The van der Waals surface area contributed by atoms with Crippen molar-refractivity contribution in [1.82, 2.24) is 19.9 Å². The van der Waals surface area contributed by atoms with E-state index in [-0.39, 0.29) is 5.95 Å². The number of nitrogens with zero attached hydrogens (tertiary/aromatic N) is 3. The van der Waals surface area contributed by atoms with Crippen LogP contribution in [0.15, 0.2) is 18.2 Å². The van der Waals surface area contributed by atoms with Gasteiger partial charge in [0.2, 0.25) is 11.9 Å². The van der Waals surface area contributed by atoms with Gasteiger partial charge < -0.3 is 5.32 Å². The van der Waals surface area contributed by atoms with Crippen molar-refractivity contribution in [1.29, 1.82) is 0 Å². The lowest BCUT2D eigenvalue weighted by atomic mass is 9.66. The van der Waals surface area contributed by atoms with E-state index in [4.69, 9.17) is 0 Å². The lowest BCUT2D eigenvalue weighted by molar-refractivity contribution is -0.119. The van der Waals surface area contributed by atoms with Crippen molar-refractivity contribution in [2.45, 2.75) is 43.9 Å². The Balaban J connectivity index is 1.36. The maximum Gasteiger partial charge on any atom is 0.260 e. The molecule has 138 valence electrons. The smallest absolute Gasteiger partial charge is 0.260 e. The van der Waals surface area contributed by atoms with Crippen molar-refractivity contribution in [3.8, 4) is 0 Å². The van der Waals surface area contributed by atoms with Crippen LogP contribution >= 0.6 is 0 Å². The monoisotopic (exact) mass is 361 g/mol. The Bertz CT molecular complexity index is 866. The second kappa shape index (κ2) is 5.45. The van der Waals surface area contributed by atoms with Crippen molar-refractivity contribution in [2.75, 3.05) is 18.4 Å². The molecule has 3 heterocycles. The molecule has 8 heteroatoms. The van der Waals surface area contributed by atoms with Crippen molar-refractivity contribution < 1.29 is 13.6 Å². The molecule has 0 radical (unpaired) electrons. The number of amides is 1.